The number of halogens is 1. The van der Waals surface area contributed by atoms with Crippen molar-refractivity contribution in [2.75, 3.05) is 26.2 Å². The molecular formula is C18H23FN4O3. The van der Waals surface area contributed by atoms with Gasteiger partial charge < -0.3 is 10.2 Å². The average molecular weight is 362 g/mol. The maximum Gasteiger partial charge on any atom is 0.322 e. The third-order valence-electron chi connectivity index (χ3n) is 4.77. The van der Waals surface area contributed by atoms with Crippen molar-refractivity contribution in [3.05, 3.63) is 35.6 Å². The summed E-state index contributed by atoms with van der Waals surface area (Å²) in [6.45, 7) is 3.67. The van der Waals surface area contributed by atoms with Crippen LogP contribution in [0.1, 0.15) is 24.8 Å². The number of hydrogen-bond donors (Lipinski definition) is 2. The van der Waals surface area contributed by atoms with Gasteiger partial charge in [0.25, 0.3) is 5.91 Å². The molecule has 0 radical (unpaired) electrons. The van der Waals surface area contributed by atoms with Gasteiger partial charge in [-0.05, 0) is 30.5 Å². The second kappa shape index (κ2) is 8.27. The summed E-state index contributed by atoms with van der Waals surface area (Å²) in [7, 11) is 0. The Bertz CT molecular complexity index is 680. The lowest BCUT2D eigenvalue weighted by Gasteiger charge is -2.22. The van der Waals surface area contributed by atoms with Gasteiger partial charge in [-0.2, -0.15) is 0 Å². The van der Waals surface area contributed by atoms with Gasteiger partial charge in [-0.25, -0.2) is 9.18 Å². The van der Waals surface area contributed by atoms with Crippen molar-refractivity contribution in [3.63, 3.8) is 0 Å². The van der Waals surface area contributed by atoms with Crippen LogP contribution in [0.4, 0.5) is 9.18 Å². The molecule has 1 aromatic rings. The normalized spacial score (nSPS) is 21.3. The molecule has 2 saturated heterocycles. The van der Waals surface area contributed by atoms with Gasteiger partial charge in [-0.1, -0.05) is 12.1 Å². The Balaban J connectivity index is 1.45. The number of urea groups is 1. The van der Waals surface area contributed by atoms with E-state index in [0.717, 1.165) is 31.6 Å². The highest BCUT2D eigenvalue weighted by Crippen LogP contribution is 2.12. The average Bonchev–Trinajstić information content (AvgIpc) is 2.81. The van der Waals surface area contributed by atoms with Crippen molar-refractivity contribution in [1.82, 2.24) is 20.4 Å². The van der Waals surface area contributed by atoms with E-state index in [9.17, 15) is 18.8 Å². The molecule has 2 N–H and O–H groups in total. The van der Waals surface area contributed by atoms with E-state index in [4.69, 9.17) is 0 Å². The minimum atomic E-state index is -0.617. The minimum Gasteiger partial charge on any atom is -0.341 e. The number of carbonyl (C=O) groups is 3. The Kier molecular flexibility index (Phi) is 5.82. The summed E-state index contributed by atoms with van der Waals surface area (Å²) in [5.74, 6) is -0.611. The van der Waals surface area contributed by atoms with Gasteiger partial charge in [0.05, 0.1) is 0 Å². The fourth-order valence-corrected chi connectivity index (χ4v) is 3.31. The summed E-state index contributed by atoms with van der Waals surface area (Å²) in [6, 6.07) is 5.36. The lowest BCUT2D eigenvalue weighted by atomic mass is 10.1. The monoisotopic (exact) mass is 362 g/mol. The van der Waals surface area contributed by atoms with E-state index in [1.807, 2.05) is 4.90 Å². The molecule has 4 amide bonds. The van der Waals surface area contributed by atoms with Gasteiger partial charge in [0.1, 0.15) is 11.9 Å². The maximum atomic E-state index is 13.0. The maximum absolute atomic E-state index is 13.0. The quantitative estimate of drug-likeness (QED) is 0.761. The zero-order valence-corrected chi connectivity index (χ0v) is 14.5. The molecule has 2 aliphatic heterocycles. The number of amides is 4. The Hall–Kier alpha value is -2.48. The van der Waals surface area contributed by atoms with Gasteiger partial charge >= 0.3 is 6.03 Å². The van der Waals surface area contributed by atoms with E-state index in [1.165, 1.54) is 12.1 Å². The number of imide groups is 1. The molecular weight excluding hydrogens is 339 g/mol. The fraction of sp³-hybridized carbons (Fsp3) is 0.500. The molecule has 2 aliphatic rings. The van der Waals surface area contributed by atoms with Crippen molar-refractivity contribution in [2.45, 2.75) is 31.8 Å². The van der Waals surface area contributed by atoms with E-state index in [2.05, 4.69) is 15.5 Å². The fourth-order valence-electron chi connectivity index (χ4n) is 3.31. The van der Waals surface area contributed by atoms with Gasteiger partial charge in [0.15, 0.2) is 0 Å². The van der Waals surface area contributed by atoms with Crippen LogP contribution in [0.3, 0.4) is 0 Å². The number of carbonyl (C=O) groups excluding carboxylic acids is 3. The van der Waals surface area contributed by atoms with Crippen molar-refractivity contribution >= 4 is 17.8 Å². The van der Waals surface area contributed by atoms with Crippen molar-refractivity contribution < 1.29 is 18.8 Å². The SMILES string of the molecule is O=C1NC(=O)C(CCC(=O)N2CCCN(Cc3ccc(F)cc3)CC2)N1. The van der Waals surface area contributed by atoms with Crippen LogP contribution in [0.2, 0.25) is 0 Å². The van der Waals surface area contributed by atoms with Crippen molar-refractivity contribution in [2.24, 2.45) is 0 Å². The van der Waals surface area contributed by atoms with Crippen LogP contribution < -0.4 is 10.6 Å². The zero-order chi connectivity index (χ0) is 18.5. The minimum absolute atomic E-state index is 0.00239. The van der Waals surface area contributed by atoms with E-state index in [1.54, 1.807) is 12.1 Å². The van der Waals surface area contributed by atoms with Crippen LogP contribution in [-0.2, 0) is 16.1 Å². The van der Waals surface area contributed by atoms with Gasteiger partial charge in [0.2, 0.25) is 5.91 Å². The molecule has 26 heavy (non-hydrogen) atoms. The number of rotatable bonds is 5. The smallest absolute Gasteiger partial charge is 0.322 e. The molecule has 0 saturated carbocycles. The topological polar surface area (TPSA) is 81.8 Å². The van der Waals surface area contributed by atoms with E-state index >= 15 is 0 Å². The second-order valence-corrected chi connectivity index (χ2v) is 6.69. The first-order valence-electron chi connectivity index (χ1n) is 8.87. The molecule has 0 aromatic heterocycles. The van der Waals surface area contributed by atoms with Crippen molar-refractivity contribution in [3.8, 4) is 0 Å². The highest BCUT2D eigenvalue weighted by molar-refractivity contribution is 6.04. The zero-order valence-electron chi connectivity index (χ0n) is 14.5. The second-order valence-electron chi connectivity index (χ2n) is 6.69. The molecule has 0 spiro atoms. The Morgan fingerprint density at radius 1 is 1.12 bits per heavy atom. The van der Waals surface area contributed by atoms with Gasteiger partial charge in [-0.15, -0.1) is 0 Å². The highest BCUT2D eigenvalue weighted by atomic mass is 19.1. The lowest BCUT2D eigenvalue weighted by molar-refractivity contribution is -0.131. The van der Waals surface area contributed by atoms with E-state index < -0.39 is 12.1 Å². The van der Waals surface area contributed by atoms with Crippen molar-refractivity contribution in [1.29, 1.82) is 0 Å². The van der Waals surface area contributed by atoms with Crippen LogP contribution in [0, 0.1) is 5.82 Å². The molecule has 0 aliphatic carbocycles. The Morgan fingerprint density at radius 2 is 1.88 bits per heavy atom. The summed E-state index contributed by atoms with van der Waals surface area (Å²) < 4.78 is 13.0. The Morgan fingerprint density at radius 3 is 2.58 bits per heavy atom. The summed E-state index contributed by atoms with van der Waals surface area (Å²) in [5, 5.41) is 4.68. The molecule has 2 heterocycles. The first-order valence-corrected chi connectivity index (χ1v) is 8.87. The molecule has 8 heteroatoms. The first kappa shape index (κ1) is 18.3. The molecule has 3 rings (SSSR count). The van der Waals surface area contributed by atoms with Crippen LogP contribution in [0.5, 0.6) is 0 Å². The van der Waals surface area contributed by atoms with Crippen LogP contribution >= 0.6 is 0 Å². The predicted molar refractivity (Wildman–Crippen MR) is 92.6 cm³/mol. The van der Waals surface area contributed by atoms with Crippen LogP contribution in [0.25, 0.3) is 0 Å². The lowest BCUT2D eigenvalue weighted by Crippen LogP contribution is -2.37. The summed E-state index contributed by atoms with van der Waals surface area (Å²) in [6.07, 6.45) is 1.41. The third kappa shape index (κ3) is 4.78. The summed E-state index contributed by atoms with van der Waals surface area (Å²) in [5.41, 5.74) is 1.05. The first-order chi connectivity index (χ1) is 12.5. The number of nitrogens with zero attached hydrogens (tertiary/aromatic N) is 2. The molecule has 1 atom stereocenters. The highest BCUT2D eigenvalue weighted by Gasteiger charge is 2.30. The summed E-state index contributed by atoms with van der Waals surface area (Å²) >= 11 is 0. The molecule has 1 aromatic carbocycles. The van der Waals surface area contributed by atoms with Crippen LogP contribution in [-0.4, -0.2) is 59.9 Å². The van der Waals surface area contributed by atoms with Gasteiger partial charge in [-0.3, -0.25) is 19.8 Å². The number of nitrogens with one attached hydrogen (secondary N) is 2. The molecule has 0 bridgehead atoms. The molecule has 1 unspecified atom stereocenters. The standard InChI is InChI=1S/C18H23FN4O3/c19-14-4-2-13(3-5-14)12-22-8-1-9-23(11-10-22)16(24)7-6-15-17(25)21-18(26)20-15/h2-5,15H,1,6-12H2,(H2,20,21,25,26). The predicted octanol–water partition coefficient (Wildman–Crippen LogP) is 0.848. The molecule has 7 nitrogen and oxygen atoms in total. The van der Waals surface area contributed by atoms with E-state index in [-0.39, 0.29) is 24.1 Å². The third-order valence-corrected chi connectivity index (χ3v) is 4.77. The van der Waals surface area contributed by atoms with E-state index in [0.29, 0.717) is 19.5 Å². The van der Waals surface area contributed by atoms with Gasteiger partial charge in [0, 0.05) is 39.1 Å². The number of benzene rings is 1. The summed E-state index contributed by atoms with van der Waals surface area (Å²) in [4.78, 5) is 39.1. The molecule has 140 valence electrons. The number of hydrogen-bond acceptors (Lipinski definition) is 4. The van der Waals surface area contributed by atoms with Crippen LogP contribution in [0.15, 0.2) is 24.3 Å². The Labute approximate surface area is 151 Å². The largest absolute Gasteiger partial charge is 0.341 e. The molecule has 2 fully saturated rings.